The first-order valence-electron chi connectivity index (χ1n) is 9.58. The SMILES string of the molecule is Cn1c(=O)[nH]c(=O)c2c1nc(N/N=C/C(Br)=C/c1ccccc1)n2Cc1ccccc1Cl. The summed E-state index contributed by atoms with van der Waals surface area (Å²) in [4.78, 5) is 31.4. The van der Waals surface area contributed by atoms with E-state index in [-0.39, 0.29) is 17.7 Å². The Balaban J connectivity index is 1.73. The lowest BCUT2D eigenvalue weighted by atomic mass is 10.2. The summed E-state index contributed by atoms with van der Waals surface area (Å²) < 4.78 is 3.65. The van der Waals surface area contributed by atoms with E-state index in [1.54, 1.807) is 23.9 Å². The lowest BCUT2D eigenvalue weighted by molar-refractivity contribution is 0.808. The molecule has 0 aliphatic rings. The van der Waals surface area contributed by atoms with Gasteiger partial charge in [-0.2, -0.15) is 10.1 Å². The smallest absolute Gasteiger partial charge is 0.298 e. The lowest BCUT2D eigenvalue weighted by Gasteiger charge is -2.09. The molecule has 2 N–H and O–H groups in total. The van der Waals surface area contributed by atoms with Crippen LogP contribution in [-0.2, 0) is 13.6 Å². The van der Waals surface area contributed by atoms with Gasteiger partial charge in [0, 0.05) is 16.6 Å². The second kappa shape index (κ2) is 9.37. The van der Waals surface area contributed by atoms with Crippen LogP contribution in [0.1, 0.15) is 11.1 Å². The van der Waals surface area contributed by atoms with Crippen LogP contribution in [0.3, 0.4) is 0 Å². The highest BCUT2D eigenvalue weighted by Gasteiger charge is 2.18. The minimum atomic E-state index is -0.548. The van der Waals surface area contributed by atoms with Gasteiger partial charge >= 0.3 is 5.69 Å². The molecule has 32 heavy (non-hydrogen) atoms. The summed E-state index contributed by atoms with van der Waals surface area (Å²) in [6.07, 6.45) is 3.49. The van der Waals surface area contributed by atoms with Crippen molar-refractivity contribution in [1.29, 1.82) is 0 Å². The molecule has 2 aromatic carbocycles. The highest BCUT2D eigenvalue weighted by molar-refractivity contribution is 9.12. The van der Waals surface area contributed by atoms with Crippen molar-refractivity contribution in [2.45, 2.75) is 6.54 Å². The Morgan fingerprint density at radius 3 is 2.66 bits per heavy atom. The molecule has 0 amide bonds. The van der Waals surface area contributed by atoms with Crippen molar-refractivity contribution in [2.75, 3.05) is 5.43 Å². The standard InChI is InChI=1S/C22H18BrClN6O2/c1-29-19-18(20(31)27-22(29)32)30(13-15-9-5-6-10-17(15)24)21(26-19)28-25-12-16(23)11-14-7-3-2-4-8-14/h2-12H,13H2,1H3,(H,26,28)(H,27,31,32)/b16-11-,25-12+. The maximum absolute atomic E-state index is 12.6. The molecule has 2 heterocycles. The van der Waals surface area contributed by atoms with E-state index in [9.17, 15) is 9.59 Å². The first-order chi connectivity index (χ1) is 15.4. The average molecular weight is 514 g/mol. The van der Waals surface area contributed by atoms with Crippen LogP contribution < -0.4 is 16.7 Å². The van der Waals surface area contributed by atoms with Crippen LogP contribution in [0.5, 0.6) is 0 Å². The van der Waals surface area contributed by atoms with Crippen molar-refractivity contribution in [3.8, 4) is 0 Å². The number of halogens is 2. The zero-order valence-electron chi connectivity index (χ0n) is 16.9. The number of hydrazone groups is 1. The number of fused-ring (bicyclic) bond motifs is 1. The monoisotopic (exact) mass is 512 g/mol. The summed E-state index contributed by atoms with van der Waals surface area (Å²) in [6, 6.07) is 17.1. The van der Waals surface area contributed by atoms with Gasteiger partial charge in [-0.15, -0.1) is 0 Å². The number of rotatable bonds is 6. The van der Waals surface area contributed by atoms with E-state index in [2.05, 4.69) is 36.4 Å². The number of allylic oxidation sites excluding steroid dienone is 1. The van der Waals surface area contributed by atoms with Gasteiger partial charge in [-0.05, 0) is 39.2 Å². The minimum Gasteiger partial charge on any atom is -0.298 e. The number of anilines is 1. The molecule has 0 aliphatic carbocycles. The van der Waals surface area contributed by atoms with Gasteiger partial charge in [-0.1, -0.05) is 60.1 Å². The average Bonchev–Trinajstić information content (AvgIpc) is 3.13. The van der Waals surface area contributed by atoms with E-state index in [0.717, 1.165) is 15.6 Å². The van der Waals surface area contributed by atoms with Crippen LogP contribution in [0.25, 0.3) is 17.2 Å². The van der Waals surface area contributed by atoms with Crippen LogP contribution in [0, 0.1) is 0 Å². The summed E-state index contributed by atoms with van der Waals surface area (Å²) >= 11 is 9.79. The van der Waals surface area contributed by atoms with E-state index in [0.29, 0.717) is 11.0 Å². The zero-order chi connectivity index (χ0) is 22.7. The van der Waals surface area contributed by atoms with E-state index >= 15 is 0 Å². The first kappa shape index (κ1) is 21.8. The second-order valence-electron chi connectivity index (χ2n) is 6.91. The fourth-order valence-electron chi connectivity index (χ4n) is 3.17. The molecule has 0 spiro atoms. The van der Waals surface area contributed by atoms with Crippen LogP contribution in [-0.4, -0.2) is 25.3 Å². The van der Waals surface area contributed by atoms with Crippen molar-refractivity contribution in [3.63, 3.8) is 0 Å². The molecule has 162 valence electrons. The summed E-state index contributed by atoms with van der Waals surface area (Å²) in [7, 11) is 1.54. The molecule has 0 fully saturated rings. The number of aromatic amines is 1. The number of aromatic nitrogens is 4. The van der Waals surface area contributed by atoms with Crippen molar-refractivity contribution in [3.05, 3.63) is 96.1 Å². The summed E-state index contributed by atoms with van der Waals surface area (Å²) in [5.74, 6) is 0.294. The zero-order valence-corrected chi connectivity index (χ0v) is 19.3. The fraction of sp³-hybridized carbons (Fsp3) is 0.0909. The Labute approximate surface area is 196 Å². The fourth-order valence-corrected chi connectivity index (χ4v) is 3.73. The number of nitrogens with one attached hydrogen (secondary N) is 2. The van der Waals surface area contributed by atoms with E-state index in [1.165, 1.54) is 4.57 Å². The summed E-state index contributed by atoms with van der Waals surface area (Å²) in [5, 5.41) is 4.79. The number of benzene rings is 2. The third-order valence-corrected chi connectivity index (χ3v) is 5.55. The molecule has 4 aromatic rings. The number of hydrogen-bond acceptors (Lipinski definition) is 5. The van der Waals surface area contributed by atoms with Crippen LogP contribution >= 0.6 is 27.5 Å². The van der Waals surface area contributed by atoms with Gasteiger partial charge < -0.3 is 0 Å². The van der Waals surface area contributed by atoms with Crippen LogP contribution in [0.15, 0.2) is 73.8 Å². The van der Waals surface area contributed by atoms with Gasteiger partial charge in [0.2, 0.25) is 5.95 Å². The lowest BCUT2D eigenvalue weighted by Crippen LogP contribution is -2.29. The Morgan fingerprint density at radius 1 is 1.19 bits per heavy atom. The molecule has 0 atom stereocenters. The number of imidazole rings is 1. The van der Waals surface area contributed by atoms with Gasteiger partial charge in [0.1, 0.15) is 0 Å². The topological polar surface area (TPSA) is 97.1 Å². The normalized spacial score (nSPS) is 12.0. The number of hydrogen-bond donors (Lipinski definition) is 2. The van der Waals surface area contributed by atoms with E-state index in [4.69, 9.17) is 11.6 Å². The minimum absolute atomic E-state index is 0.238. The molecule has 4 rings (SSSR count). The van der Waals surface area contributed by atoms with Gasteiger partial charge in [0.05, 0.1) is 12.8 Å². The van der Waals surface area contributed by atoms with Gasteiger partial charge in [-0.3, -0.25) is 18.9 Å². The Bertz CT molecular complexity index is 1450. The van der Waals surface area contributed by atoms with Crippen molar-refractivity contribution >= 4 is 56.9 Å². The van der Waals surface area contributed by atoms with Crippen molar-refractivity contribution < 1.29 is 0 Å². The Morgan fingerprint density at radius 2 is 1.91 bits per heavy atom. The quantitative estimate of drug-likeness (QED) is 0.301. The van der Waals surface area contributed by atoms with Crippen molar-refractivity contribution in [1.82, 2.24) is 19.1 Å². The third kappa shape index (κ3) is 4.58. The maximum Gasteiger partial charge on any atom is 0.329 e. The molecule has 10 heteroatoms. The second-order valence-corrected chi connectivity index (χ2v) is 8.24. The summed E-state index contributed by atoms with van der Waals surface area (Å²) in [6.45, 7) is 0.260. The third-order valence-electron chi connectivity index (χ3n) is 4.75. The molecule has 0 saturated carbocycles. The molecule has 0 unspecified atom stereocenters. The van der Waals surface area contributed by atoms with E-state index < -0.39 is 11.2 Å². The van der Waals surface area contributed by atoms with Crippen LogP contribution in [0.2, 0.25) is 5.02 Å². The molecular formula is C22H18BrClN6O2. The Kier molecular flexibility index (Phi) is 6.38. The van der Waals surface area contributed by atoms with Crippen LogP contribution in [0.4, 0.5) is 5.95 Å². The molecule has 0 aliphatic heterocycles. The molecule has 0 saturated heterocycles. The predicted octanol–water partition coefficient (Wildman–Crippen LogP) is 3.96. The first-order valence-corrected chi connectivity index (χ1v) is 10.8. The molecule has 0 bridgehead atoms. The molecule has 0 radical (unpaired) electrons. The summed E-state index contributed by atoms with van der Waals surface area (Å²) in [5.41, 5.74) is 4.07. The number of nitrogens with zero attached hydrogens (tertiary/aromatic N) is 4. The molecule has 2 aromatic heterocycles. The maximum atomic E-state index is 12.6. The van der Waals surface area contributed by atoms with Gasteiger partial charge in [-0.25, -0.2) is 10.2 Å². The highest BCUT2D eigenvalue weighted by atomic mass is 79.9. The number of H-pyrrole nitrogens is 1. The van der Waals surface area contributed by atoms with Gasteiger partial charge in [0.25, 0.3) is 5.56 Å². The van der Waals surface area contributed by atoms with Gasteiger partial charge in [0.15, 0.2) is 11.2 Å². The number of aryl methyl sites for hydroxylation is 1. The molecule has 8 nitrogen and oxygen atoms in total. The highest BCUT2D eigenvalue weighted by Crippen LogP contribution is 2.22. The molecular weight excluding hydrogens is 496 g/mol. The predicted molar refractivity (Wildman–Crippen MR) is 132 cm³/mol. The Hall–Kier alpha value is -3.43. The van der Waals surface area contributed by atoms with Crippen molar-refractivity contribution in [2.24, 2.45) is 12.1 Å². The van der Waals surface area contributed by atoms with E-state index in [1.807, 2.05) is 54.6 Å². The largest absolute Gasteiger partial charge is 0.329 e.